The molecule has 1 rings (SSSR count). The quantitative estimate of drug-likeness (QED) is 0.765. The molecule has 3 nitrogen and oxygen atoms in total. The fourth-order valence-corrected chi connectivity index (χ4v) is 1.89. The van der Waals surface area contributed by atoms with Crippen LogP contribution in [-0.4, -0.2) is 31.0 Å². The van der Waals surface area contributed by atoms with Crippen LogP contribution in [-0.2, 0) is 9.53 Å². The van der Waals surface area contributed by atoms with Gasteiger partial charge in [0, 0.05) is 18.4 Å². The molecule has 0 aromatic rings. The zero-order valence-electron chi connectivity index (χ0n) is 8.97. The van der Waals surface area contributed by atoms with Gasteiger partial charge in [0.05, 0.1) is 12.6 Å². The van der Waals surface area contributed by atoms with Crippen molar-refractivity contribution >= 4 is 21.8 Å². The Kier molecular flexibility index (Phi) is 3.95. The minimum Gasteiger partial charge on any atom is -0.383 e. The summed E-state index contributed by atoms with van der Waals surface area (Å²) in [6.07, 6.45) is 1.00. The van der Waals surface area contributed by atoms with Gasteiger partial charge in [0.1, 0.15) is 0 Å². The second kappa shape index (κ2) is 4.62. The van der Waals surface area contributed by atoms with E-state index in [-0.39, 0.29) is 23.3 Å². The van der Waals surface area contributed by atoms with E-state index in [2.05, 4.69) is 35.1 Å². The molecule has 14 heavy (non-hydrogen) atoms. The molecule has 1 aliphatic carbocycles. The second-order valence-electron chi connectivity index (χ2n) is 4.56. The lowest BCUT2D eigenvalue weighted by Crippen LogP contribution is -2.40. The lowest BCUT2D eigenvalue weighted by Gasteiger charge is -2.15. The van der Waals surface area contributed by atoms with Crippen LogP contribution in [0.4, 0.5) is 0 Å². The van der Waals surface area contributed by atoms with E-state index in [0.717, 1.165) is 11.8 Å². The first-order valence-electron chi connectivity index (χ1n) is 4.86. The van der Waals surface area contributed by atoms with E-state index < -0.39 is 0 Å². The number of ether oxygens (including phenoxy) is 1. The Labute approximate surface area is 93.7 Å². The average Bonchev–Trinajstić information content (AvgIpc) is 2.74. The normalized spacial score (nSPS) is 25.6. The largest absolute Gasteiger partial charge is 0.383 e. The number of carbonyl (C=O) groups is 1. The molecule has 0 aromatic carbocycles. The highest BCUT2D eigenvalue weighted by Crippen LogP contribution is 2.51. The minimum atomic E-state index is 0.0869. The van der Waals surface area contributed by atoms with Gasteiger partial charge in [0.2, 0.25) is 5.91 Å². The number of alkyl halides is 1. The smallest absolute Gasteiger partial charge is 0.223 e. The third-order valence-corrected chi connectivity index (χ3v) is 3.51. The highest BCUT2D eigenvalue weighted by Gasteiger charge is 2.50. The third kappa shape index (κ3) is 2.95. The summed E-state index contributed by atoms with van der Waals surface area (Å²) in [5.41, 5.74) is 0.202. The number of hydrogen-bond donors (Lipinski definition) is 1. The van der Waals surface area contributed by atoms with Gasteiger partial charge < -0.3 is 10.1 Å². The molecule has 0 saturated heterocycles. The number of methoxy groups -OCH3 is 1. The summed E-state index contributed by atoms with van der Waals surface area (Å²) >= 11 is 3.35. The fourth-order valence-electron chi connectivity index (χ4n) is 1.54. The first kappa shape index (κ1) is 12.0. The van der Waals surface area contributed by atoms with Gasteiger partial charge in [0.25, 0.3) is 0 Å². The highest BCUT2D eigenvalue weighted by molar-refractivity contribution is 9.09. The van der Waals surface area contributed by atoms with Gasteiger partial charge in [-0.3, -0.25) is 4.79 Å². The standard InChI is InChI=1S/C10H18BrNO2/c1-10(2)4-8(10)9(13)12-7(5-11)6-14-3/h7-8H,4-6H2,1-3H3,(H,12,13). The number of rotatable bonds is 5. The maximum absolute atomic E-state index is 11.7. The molecular formula is C10H18BrNO2. The van der Waals surface area contributed by atoms with Crippen molar-refractivity contribution in [2.75, 3.05) is 19.0 Å². The monoisotopic (exact) mass is 263 g/mol. The molecule has 2 unspecified atom stereocenters. The maximum atomic E-state index is 11.7. The van der Waals surface area contributed by atoms with Gasteiger partial charge in [-0.15, -0.1) is 0 Å². The van der Waals surface area contributed by atoms with Crippen LogP contribution >= 0.6 is 15.9 Å². The molecule has 0 spiro atoms. The molecule has 0 heterocycles. The molecule has 1 saturated carbocycles. The van der Waals surface area contributed by atoms with E-state index in [1.165, 1.54) is 0 Å². The Morgan fingerprint density at radius 2 is 2.29 bits per heavy atom. The first-order valence-corrected chi connectivity index (χ1v) is 5.98. The van der Waals surface area contributed by atoms with Crippen molar-refractivity contribution in [3.05, 3.63) is 0 Å². The van der Waals surface area contributed by atoms with Crippen molar-refractivity contribution in [3.8, 4) is 0 Å². The van der Waals surface area contributed by atoms with Crippen LogP contribution < -0.4 is 5.32 Å². The van der Waals surface area contributed by atoms with Gasteiger partial charge in [-0.2, -0.15) is 0 Å². The summed E-state index contributed by atoms with van der Waals surface area (Å²) in [6.45, 7) is 4.80. The second-order valence-corrected chi connectivity index (χ2v) is 5.21. The predicted molar refractivity (Wildman–Crippen MR) is 59.5 cm³/mol. The van der Waals surface area contributed by atoms with Crippen LogP contribution in [0.3, 0.4) is 0 Å². The van der Waals surface area contributed by atoms with Gasteiger partial charge in [-0.1, -0.05) is 29.8 Å². The van der Waals surface area contributed by atoms with Crippen molar-refractivity contribution in [2.45, 2.75) is 26.3 Å². The van der Waals surface area contributed by atoms with Crippen molar-refractivity contribution in [1.82, 2.24) is 5.32 Å². The zero-order valence-corrected chi connectivity index (χ0v) is 10.6. The highest BCUT2D eigenvalue weighted by atomic mass is 79.9. The molecule has 2 atom stereocenters. The third-order valence-electron chi connectivity index (χ3n) is 2.73. The Hall–Kier alpha value is -0.0900. The van der Waals surface area contributed by atoms with Gasteiger partial charge in [0.15, 0.2) is 0 Å². The molecule has 0 bridgehead atoms. The summed E-state index contributed by atoms with van der Waals surface area (Å²) < 4.78 is 5.00. The maximum Gasteiger partial charge on any atom is 0.223 e. The van der Waals surface area contributed by atoms with E-state index in [0.29, 0.717) is 6.61 Å². The van der Waals surface area contributed by atoms with Crippen molar-refractivity contribution in [1.29, 1.82) is 0 Å². The molecule has 1 fully saturated rings. The number of hydrogen-bond acceptors (Lipinski definition) is 2. The van der Waals surface area contributed by atoms with E-state index >= 15 is 0 Å². The van der Waals surface area contributed by atoms with Crippen LogP contribution in [0.5, 0.6) is 0 Å². The molecule has 1 aliphatic rings. The Morgan fingerprint density at radius 3 is 2.64 bits per heavy atom. The molecule has 1 amide bonds. The van der Waals surface area contributed by atoms with Crippen molar-refractivity contribution in [3.63, 3.8) is 0 Å². The van der Waals surface area contributed by atoms with Crippen molar-refractivity contribution in [2.24, 2.45) is 11.3 Å². The van der Waals surface area contributed by atoms with Crippen LogP contribution in [0.2, 0.25) is 0 Å². The Balaban J connectivity index is 2.33. The summed E-state index contributed by atoms with van der Waals surface area (Å²) in [5.74, 6) is 0.359. The van der Waals surface area contributed by atoms with E-state index in [1.807, 2.05) is 0 Å². The van der Waals surface area contributed by atoms with Crippen LogP contribution in [0.15, 0.2) is 0 Å². The predicted octanol–water partition coefficient (Wildman–Crippen LogP) is 1.56. The first-order chi connectivity index (χ1) is 6.51. The Bertz CT molecular complexity index is 218. The Morgan fingerprint density at radius 1 is 1.71 bits per heavy atom. The van der Waals surface area contributed by atoms with E-state index in [4.69, 9.17) is 4.74 Å². The van der Waals surface area contributed by atoms with Gasteiger partial charge in [-0.25, -0.2) is 0 Å². The van der Waals surface area contributed by atoms with Gasteiger partial charge >= 0.3 is 0 Å². The summed E-state index contributed by atoms with van der Waals surface area (Å²) in [5, 5.41) is 3.71. The van der Waals surface area contributed by atoms with Crippen LogP contribution in [0.1, 0.15) is 20.3 Å². The molecule has 1 N–H and O–H groups in total. The van der Waals surface area contributed by atoms with Crippen molar-refractivity contribution < 1.29 is 9.53 Å². The van der Waals surface area contributed by atoms with Gasteiger partial charge in [-0.05, 0) is 11.8 Å². The summed E-state index contributed by atoms with van der Waals surface area (Å²) in [6, 6.07) is 0.0869. The molecule has 0 aliphatic heterocycles. The molecule has 0 aromatic heterocycles. The van der Waals surface area contributed by atoms with Crippen LogP contribution in [0, 0.1) is 11.3 Å². The molecule has 4 heteroatoms. The summed E-state index contributed by atoms with van der Waals surface area (Å²) in [4.78, 5) is 11.7. The van der Waals surface area contributed by atoms with E-state index in [9.17, 15) is 4.79 Å². The zero-order chi connectivity index (χ0) is 10.8. The number of amides is 1. The lowest BCUT2D eigenvalue weighted by atomic mass is 10.1. The molecule has 82 valence electrons. The van der Waals surface area contributed by atoms with E-state index in [1.54, 1.807) is 7.11 Å². The number of nitrogens with one attached hydrogen (secondary N) is 1. The fraction of sp³-hybridized carbons (Fsp3) is 0.900. The topological polar surface area (TPSA) is 38.3 Å². The minimum absolute atomic E-state index is 0.0869. The lowest BCUT2D eigenvalue weighted by molar-refractivity contribution is -0.123. The number of carbonyl (C=O) groups excluding carboxylic acids is 1. The van der Waals surface area contributed by atoms with Crippen LogP contribution in [0.25, 0.3) is 0 Å². The number of halogens is 1. The SMILES string of the molecule is COCC(CBr)NC(=O)C1CC1(C)C. The average molecular weight is 264 g/mol. The molecular weight excluding hydrogens is 246 g/mol. The summed E-state index contributed by atoms with van der Waals surface area (Å²) in [7, 11) is 1.64. The molecule has 0 radical (unpaired) electrons.